The van der Waals surface area contributed by atoms with Crippen LogP contribution in [0.1, 0.15) is 11.7 Å². The zero-order valence-corrected chi connectivity index (χ0v) is 10.0. The molecular weight excluding hydrogens is 288 g/mol. The van der Waals surface area contributed by atoms with E-state index in [0.717, 1.165) is 19.2 Å². The Balaban J connectivity index is 3.17. The minimum atomic E-state index is -4.48. The fraction of sp³-hybridized carbons (Fsp3) is 0.364. The Kier molecular flexibility index (Phi) is 4.77. The zero-order chi connectivity index (χ0) is 15.5. The van der Waals surface area contributed by atoms with Gasteiger partial charge >= 0.3 is 18.5 Å². The number of hydrogen-bond acceptors (Lipinski definition) is 4. The van der Waals surface area contributed by atoms with E-state index in [2.05, 4.69) is 9.47 Å². The molecule has 0 amide bonds. The van der Waals surface area contributed by atoms with Crippen molar-refractivity contribution in [2.75, 3.05) is 7.11 Å². The van der Waals surface area contributed by atoms with Crippen LogP contribution in [0.4, 0.5) is 17.6 Å². The Bertz CT molecular complexity index is 492. The highest BCUT2D eigenvalue weighted by Crippen LogP contribution is 2.37. The van der Waals surface area contributed by atoms with Crippen LogP contribution in [-0.2, 0) is 4.79 Å². The van der Waals surface area contributed by atoms with E-state index in [1.807, 2.05) is 0 Å². The third kappa shape index (κ3) is 3.29. The highest BCUT2D eigenvalue weighted by atomic mass is 19.3. The van der Waals surface area contributed by atoms with Gasteiger partial charge in [0.25, 0.3) is 0 Å². The van der Waals surface area contributed by atoms with E-state index in [1.165, 1.54) is 0 Å². The lowest BCUT2D eigenvalue weighted by atomic mass is 10.0. The summed E-state index contributed by atoms with van der Waals surface area (Å²) in [7, 11) is 1.13. The van der Waals surface area contributed by atoms with Gasteiger partial charge in [-0.1, -0.05) is 6.07 Å². The molecule has 0 spiro atoms. The molecule has 1 atom stereocenters. The second kappa shape index (κ2) is 5.95. The van der Waals surface area contributed by atoms with Crippen molar-refractivity contribution in [2.24, 2.45) is 0 Å². The fourth-order valence-corrected chi connectivity index (χ4v) is 1.38. The number of halogens is 4. The fourth-order valence-electron chi connectivity index (χ4n) is 1.38. The van der Waals surface area contributed by atoms with Crippen LogP contribution in [0.3, 0.4) is 0 Å². The highest BCUT2D eigenvalue weighted by molar-refractivity contribution is 5.76. The summed E-state index contributed by atoms with van der Waals surface area (Å²) in [6, 6.07) is 2.57. The maximum atomic E-state index is 13.1. The molecule has 0 saturated heterocycles. The predicted octanol–water partition coefficient (Wildman–Crippen LogP) is 2.05. The van der Waals surface area contributed by atoms with Crippen molar-refractivity contribution in [2.45, 2.75) is 18.6 Å². The summed E-state index contributed by atoms with van der Waals surface area (Å²) in [6.07, 6.45) is -2.72. The molecule has 0 aliphatic carbocycles. The molecule has 0 heterocycles. The van der Waals surface area contributed by atoms with Crippen molar-refractivity contribution in [1.29, 1.82) is 0 Å². The van der Waals surface area contributed by atoms with E-state index in [4.69, 9.17) is 5.11 Å². The van der Waals surface area contributed by atoms with E-state index >= 15 is 0 Å². The van der Waals surface area contributed by atoms with Crippen LogP contribution < -0.4 is 9.47 Å². The van der Waals surface area contributed by atoms with Gasteiger partial charge in [0.15, 0.2) is 17.6 Å². The highest BCUT2D eigenvalue weighted by Gasteiger charge is 2.47. The number of carboxylic acid groups (broad SMARTS) is 1. The first kappa shape index (κ1) is 16.0. The van der Waals surface area contributed by atoms with Crippen molar-refractivity contribution in [3.63, 3.8) is 0 Å². The summed E-state index contributed by atoms with van der Waals surface area (Å²) >= 11 is 0. The summed E-state index contributed by atoms with van der Waals surface area (Å²) in [5.74, 6) is -7.80. The van der Waals surface area contributed by atoms with Gasteiger partial charge in [0.1, 0.15) is 0 Å². The molecule has 5 nitrogen and oxygen atoms in total. The van der Waals surface area contributed by atoms with Gasteiger partial charge in [-0.05, 0) is 17.7 Å². The van der Waals surface area contributed by atoms with E-state index < -0.39 is 35.9 Å². The molecule has 0 bridgehead atoms. The first-order chi connectivity index (χ1) is 9.20. The molecule has 20 heavy (non-hydrogen) atoms. The summed E-state index contributed by atoms with van der Waals surface area (Å²) < 4.78 is 59.3. The average molecular weight is 298 g/mol. The maximum Gasteiger partial charge on any atom is 0.387 e. The number of methoxy groups -OCH3 is 1. The van der Waals surface area contributed by atoms with Crippen LogP contribution in [0.15, 0.2) is 18.2 Å². The molecule has 0 aliphatic rings. The summed E-state index contributed by atoms with van der Waals surface area (Å²) in [5.41, 5.74) is -0.603. The first-order valence-corrected chi connectivity index (χ1v) is 5.12. The molecule has 2 N–H and O–H groups in total. The second-order valence-electron chi connectivity index (χ2n) is 3.62. The lowest BCUT2D eigenvalue weighted by molar-refractivity contribution is -0.182. The van der Waals surface area contributed by atoms with E-state index in [9.17, 15) is 27.5 Å². The van der Waals surface area contributed by atoms with Crippen LogP contribution in [0.25, 0.3) is 0 Å². The Morgan fingerprint density at radius 3 is 2.35 bits per heavy atom. The molecule has 1 unspecified atom stereocenters. The van der Waals surface area contributed by atoms with Gasteiger partial charge in [0.05, 0.1) is 7.11 Å². The minimum Gasteiger partial charge on any atom is -0.493 e. The molecule has 112 valence electrons. The number of rotatable bonds is 6. The van der Waals surface area contributed by atoms with Crippen molar-refractivity contribution in [3.05, 3.63) is 23.8 Å². The zero-order valence-electron chi connectivity index (χ0n) is 10.0. The second-order valence-corrected chi connectivity index (χ2v) is 3.62. The SMILES string of the molecule is COc1ccc(C(O)C(F)(F)C(=O)O)cc1OC(F)F. The van der Waals surface area contributed by atoms with Crippen LogP contribution in [0, 0.1) is 0 Å². The number of carbonyl (C=O) groups is 1. The van der Waals surface area contributed by atoms with Gasteiger partial charge in [0.2, 0.25) is 0 Å². The van der Waals surface area contributed by atoms with Crippen LogP contribution in [0.2, 0.25) is 0 Å². The van der Waals surface area contributed by atoms with E-state index in [-0.39, 0.29) is 5.75 Å². The Hall–Kier alpha value is -2.03. The Morgan fingerprint density at radius 1 is 1.30 bits per heavy atom. The van der Waals surface area contributed by atoms with Gasteiger partial charge in [-0.25, -0.2) is 4.79 Å². The monoisotopic (exact) mass is 298 g/mol. The molecule has 9 heteroatoms. The minimum absolute atomic E-state index is 0.181. The summed E-state index contributed by atoms with van der Waals surface area (Å²) in [6.45, 7) is -3.24. The topological polar surface area (TPSA) is 76.0 Å². The van der Waals surface area contributed by atoms with Crippen molar-refractivity contribution in [3.8, 4) is 11.5 Å². The lowest BCUT2D eigenvalue weighted by Crippen LogP contribution is -2.35. The normalized spacial score (nSPS) is 13.2. The molecular formula is C11H10F4O5. The summed E-state index contributed by atoms with van der Waals surface area (Å²) in [5, 5.41) is 17.6. The van der Waals surface area contributed by atoms with Gasteiger partial charge < -0.3 is 19.7 Å². The molecule has 1 rings (SSSR count). The number of hydrogen-bond donors (Lipinski definition) is 2. The molecule has 0 radical (unpaired) electrons. The largest absolute Gasteiger partial charge is 0.493 e. The number of alkyl halides is 4. The standard InChI is InChI=1S/C11H10F4O5/c1-19-6-3-2-5(4-7(6)20-10(12)13)8(16)11(14,15)9(17)18/h2-4,8,10,16H,1H3,(H,17,18). The predicted molar refractivity (Wildman–Crippen MR) is 57.2 cm³/mol. The number of ether oxygens (including phenoxy) is 2. The molecule has 1 aromatic rings. The van der Waals surface area contributed by atoms with Crippen LogP contribution in [0.5, 0.6) is 11.5 Å². The van der Waals surface area contributed by atoms with E-state index in [0.29, 0.717) is 6.07 Å². The number of aliphatic hydroxyl groups is 1. The van der Waals surface area contributed by atoms with Crippen LogP contribution in [-0.4, -0.2) is 35.8 Å². The van der Waals surface area contributed by atoms with Gasteiger partial charge in [-0.3, -0.25) is 0 Å². The van der Waals surface area contributed by atoms with Gasteiger partial charge in [0, 0.05) is 0 Å². The van der Waals surface area contributed by atoms with Gasteiger partial charge in [-0.2, -0.15) is 17.6 Å². The van der Waals surface area contributed by atoms with Crippen molar-refractivity contribution >= 4 is 5.97 Å². The summed E-state index contributed by atoms with van der Waals surface area (Å²) in [4.78, 5) is 10.3. The third-order valence-electron chi connectivity index (χ3n) is 2.35. The smallest absolute Gasteiger partial charge is 0.387 e. The third-order valence-corrected chi connectivity index (χ3v) is 2.35. The number of aliphatic hydroxyl groups excluding tert-OH is 1. The van der Waals surface area contributed by atoms with Crippen molar-refractivity contribution in [1.82, 2.24) is 0 Å². The number of aliphatic carboxylic acids is 1. The van der Waals surface area contributed by atoms with Crippen molar-refractivity contribution < 1.29 is 42.0 Å². The maximum absolute atomic E-state index is 13.1. The number of carboxylic acids is 1. The molecule has 0 fully saturated rings. The lowest BCUT2D eigenvalue weighted by Gasteiger charge is -2.20. The molecule has 0 saturated carbocycles. The number of benzene rings is 1. The molecule has 1 aromatic carbocycles. The van der Waals surface area contributed by atoms with E-state index in [1.54, 1.807) is 0 Å². The van der Waals surface area contributed by atoms with Gasteiger partial charge in [-0.15, -0.1) is 0 Å². The molecule has 0 aromatic heterocycles. The van der Waals surface area contributed by atoms with Crippen LogP contribution >= 0.6 is 0 Å². The average Bonchev–Trinajstić information content (AvgIpc) is 2.36. The quantitative estimate of drug-likeness (QED) is 0.786. The molecule has 0 aliphatic heterocycles. The Morgan fingerprint density at radius 2 is 1.90 bits per heavy atom. The Labute approximate surface area is 110 Å². The first-order valence-electron chi connectivity index (χ1n) is 5.12.